The van der Waals surface area contributed by atoms with Crippen LogP contribution in [0, 0.1) is 5.92 Å². The van der Waals surface area contributed by atoms with Gasteiger partial charge in [-0.15, -0.1) is 11.3 Å². The van der Waals surface area contributed by atoms with Gasteiger partial charge in [0.05, 0.1) is 5.51 Å². The van der Waals surface area contributed by atoms with Gasteiger partial charge in [-0.2, -0.15) is 0 Å². The lowest BCUT2D eigenvalue weighted by Crippen LogP contribution is -2.41. The third-order valence-electron chi connectivity index (χ3n) is 3.96. The molecule has 0 spiro atoms. The minimum atomic E-state index is 0.621. The van der Waals surface area contributed by atoms with Crippen LogP contribution >= 0.6 is 11.3 Å². The summed E-state index contributed by atoms with van der Waals surface area (Å²) in [7, 11) is 0. The van der Waals surface area contributed by atoms with Crippen molar-refractivity contribution in [2.75, 3.05) is 19.6 Å². The third kappa shape index (κ3) is 4.04. The minimum absolute atomic E-state index is 0.621. The average Bonchev–Trinajstić information content (AvgIpc) is 2.90. The van der Waals surface area contributed by atoms with Crippen molar-refractivity contribution in [1.82, 2.24) is 15.2 Å². The summed E-state index contributed by atoms with van der Waals surface area (Å²) in [6, 6.07) is 0.621. The number of hydrogen-bond donors (Lipinski definition) is 1. The van der Waals surface area contributed by atoms with E-state index in [1.807, 2.05) is 11.7 Å². The summed E-state index contributed by atoms with van der Waals surface area (Å²) in [5, 5.41) is 3.65. The van der Waals surface area contributed by atoms with Gasteiger partial charge in [-0.25, -0.2) is 0 Å². The van der Waals surface area contributed by atoms with Gasteiger partial charge >= 0.3 is 0 Å². The highest BCUT2D eigenvalue weighted by Crippen LogP contribution is 2.21. The maximum Gasteiger partial charge on any atom is 0.0794 e. The predicted molar refractivity (Wildman–Crippen MR) is 77.9 cm³/mol. The number of likely N-dealkylation sites (tertiary alicyclic amines) is 1. The molecular weight excluding hydrogens is 242 g/mol. The van der Waals surface area contributed by atoms with Gasteiger partial charge in [-0.05, 0) is 51.7 Å². The van der Waals surface area contributed by atoms with Crippen LogP contribution in [0.2, 0.25) is 0 Å². The standard InChI is InChI=1S/C14H25N3S/c1-3-6-17-7-4-13(5-8-17)12(2)16-10-14-9-15-11-18-14/h9,11-13,16H,3-8,10H2,1-2H3. The molecule has 0 amide bonds. The van der Waals surface area contributed by atoms with Crippen molar-refractivity contribution in [2.45, 2.75) is 45.7 Å². The van der Waals surface area contributed by atoms with E-state index >= 15 is 0 Å². The smallest absolute Gasteiger partial charge is 0.0794 e. The number of aromatic nitrogens is 1. The quantitative estimate of drug-likeness (QED) is 0.859. The fourth-order valence-corrected chi connectivity index (χ4v) is 3.30. The normalized spacial score (nSPS) is 20.1. The van der Waals surface area contributed by atoms with Crippen LogP contribution in [0.15, 0.2) is 11.7 Å². The van der Waals surface area contributed by atoms with Crippen LogP contribution in [-0.4, -0.2) is 35.6 Å². The van der Waals surface area contributed by atoms with Gasteiger partial charge in [0.2, 0.25) is 0 Å². The zero-order valence-electron chi connectivity index (χ0n) is 11.6. The molecule has 4 heteroatoms. The second-order valence-electron chi connectivity index (χ2n) is 5.32. The Morgan fingerprint density at radius 2 is 2.28 bits per heavy atom. The lowest BCUT2D eigenvalue weighted by Gasteiger charge is -2.35. The van der Waals surface area contributed by atoms with Crippen LogP contribution < -0.4 is 5.32 Å². The van der Waals surface area contributed by atoms with Gasteiger partial charge < -0.3 is 10.2 Å². The van der Waals surface area contributed by atoms with Gasteiger partial charge in [-0.3, -0.25) is 4.98 Å². The fraction of sp³-hybridized carbons (Fsp3) is 0.786. The summed E-state index contributed by atoms with van der Waals surface area (Å²) in [5.74, 6) is 0.839. The summed E-state index contributed by atoms with van der Waals surface area (Å²) in [5.41, 5.74) is 1.91. The lowest BCUT2D eigenvalue weighted by atomic mass is 9.90. The molecule has 1 aromatic rings. The highest BCUT2D eigenvalue weighted by atomic mass is 32.1. The molecule has 102 valence electrons. The molecule has 3 nitrogen and oxygen atoms in total. The molecule has 1 aromatic heterocycles. The van der Waals surface area contributed by atoms with Crippen molar-refractivity contribution in [2.24, 2.45) is 5.92 Å². The van der Waals surface area contributed by atoms with Gasteiger partial charge in [0, 0.05) is 23.7 Å². The topological polar surface area (TPSA) is 28.2 Å². The first-order valence-electron chi connectivity index (χ1n) is 7.12. The molecular formula is C14H25N3S. The van der Waals surface area contributed by atoms with E-state index in [4.69, 9.17) is 0 Å². The van der Waals surface area contributed by atoms with E-state index in [1.165, 1.54) is 43.8 Å². The number of nitrogens with one attached hydrogen (secondary N) is 1. The molecule has 1 atom stereocenters. The summed E-state index contributed by atoms with van der Waals surface area (Å²) in [4.78, 5) is 8.06. The number of rotatable bonds is 6. The first-order chi connectivity index (χ1) is 8.79. The van der Waals surface area contributed by atoms with E-state index in [2.05, 4.69) is 29.0 Å². The predicted octanol–water partition coefficient (Wildman–Crippen LogP) is 2.74. The second-order valence-corrected chi connectivity index (χ2v) is 6.29. The molecule has 1 N–H and O–H groups in total. The van der Waals surface area contributed by atoms with Crippen LogP contribution in [-0.2, 0) is 6.54 Å². The molecule has 1 unspecified atom stereocenters. The third-order valence-corrected chi connectivity index (χ3v) is 4.74. The molecule has 0 aromatic carbocycles. The lowest BCUT2D eigenvalue weighted by molar-refractivity contribution is 0.162. The Labute approximate surface area is 115 Å². The zero-order chi connectivity index (χ0) is 12.8. The molecule has 0 aliphatic carbocycles. The second kappa shape index (κ2) is 7.22. The SMILES string of the molecule is CCCN1CCC(C(C)NCc2cncs2)CC1. The Morgan fingerprint density at radius 1 is 1.50 bits per heavy atom. The largest absolute Gasteiger partial charge is 0.309 e. The Kier molecular flexibility index (Phi) is 5.60. The van der Waals surface area contributed by atoms with E-state index in [-0.39, 0.29) is 0 Å². The number of thiazole rings is 1. The summed E-state index contributed by atoms with van der Waals surface area (Å²) >= 11 is 1.74. The summed E-state index contributed by atoms with van der Waals surface area (Å²) in [6.07, 6.45) is 5.94. The Morgan fingerprint density at radius 3 is 2.89 bits per heavy atom. The first kappa shape index (κ1) is 14.0. The molecule has 18 heavy (non-hydrogen) atoms. The van der Waals surface area contributed by atoms with Crippen molar-refractivity contribution < 1.29 is 0 Å². The Hall–Kier alpha value is -0.450. The Balaban J connectivity index is 1.69. The van der Waals surface area contributed by atoms with E-state index < -0.39 is 0 Å². The average molecular weight is 267 g/mol. The maximum atomic E-state index is 4.11. The van der Waals surface area contributed by atoms with Gasteiger partial charge in [0.25, 0.3) is 0 Å². The van der Waals surface area contributed by atoms with Crippen molar-refractivity contribution in [3.05, 3.63) is 16.6 Å². The molecule has 2 rings (SSSR count). The van der Waals surface area contributed by atoms with E-state index in [1.54, 1.807) is 11.3 Å². The van der Waals surface area contributed by atoms with E-state index in [0.717, 1.165) is 12.5 Å². The molecule has 1 aliphatic heterocycles. The van der Waals surface area contributed by atoms with Crippen molar-refractivity contribution in [3.63, 3.8) is 0 Å². The molecule has 0 saturated carbocycles. The summed E-state index contributed by atoms with van der Waals surface area (Å²) < 4.78 is 0. The van der Waals surface area contributed by atoms with Crippen molar-refractivity contribution in [1.29, 1.82) is 0 Å². The van der Waals surface area contributed by atoms with Gasteiger partial charge in [-0.1, -0.05) is 6.92 Å². The van der Waals surface area contributed by atoms with Gasteiger partial charge in [0.15, 0.2) is 0 Å². The van der Waals surface area contributed by atoms with E-state index in [9.17, 15) is 0 Å². The monoisotopic (exact) mass is 267 g/mol. The molecule has 2 heterocycles. The van der Waals surface area contributed by atoms with Crippen LogP contribution in [0.1, 0.15) is 38.0 Å². The molecule has 0 bridgehead atoms. The molecule has 1 saturated heterocycles. The zero-order valence-corrected chi connectivity index (χ0v) is 12.4. The van der Waals surface area contributed by atoms with Crippen LogP contribution in [0.3, 0.4) is 0 Å². The maximum absolute atomic E-state index is 4.11. The number of hydrogen-bond acceptors (Lipinski definition) is 4. The van der Waals surface area contributed by atoms with Gasteiger partial charge in [0.1, 0.15) is 0 Å². The minimum Gasteiger partial charge on any atom is -0.309 e. The highest BCUT2D eigenvalue weighted by molar-refractivity contribution is 7.09. The van der Waals surface area contributed by atoms with Crippen molar-refractivity contribution in [3.8, 4) is 0 Å². The Bertz CT molecular complexity index is 318. The fourth-order valence-electron chi connectivity index (χ4n) is 2.75. The van der Waals surface area contributed by atoms with Crippen molar-refractivity contribution >= 4 is 11.3 Å². The van der Waals surface area contributed by atoms with E-state index in [0.29, 0.717) is 6.04 Å². The van der Waals surface area contributed by atoms with Crippen LogP contribution in [0.5, 0.6) is 0 Å². The molecule has 1 aliphatic rings. The van der Waals surface area contributed by atoms with Crippen LogP contribution in [0.25, 0.3) is 0 Å². The number of piperidine rings is 1. The molecule has 0 radical (unpaired) electrons. The molecule has 1 fully saturated rings. The van der Waals surface area contributed by atoms with Crippen LogP contribution in [0.4, 0.5) is 0 Å². The summed E-state index contributed by atoms with van der Waals surface area (Å²) in [6.45, 7) is 9.42. The highest BCUT2D eigenvalue weighted by Gasteiger charge is 2.23. The first-order valence-corrected chi connectivity index (χ1v) is 8.00. The number of nitrogens with zero attached hydrogens (tertiary/aromatic N) is 2.